The lowest BCUT2D eigenvalue weighted by atomic mass is 9.95. The van der Waals surface area contributed by atoms with Crippen molar-refractivity contribution in [3.05, 3.63) is 101 Å². The number of rotatable bonds is 7. The van der Waals surface area contributed by atoms with Gasteiger partial charge in [0.05, 0.1) is 29.5 Å². The fraction of sp³-hybridized carbons (Fsp3) is 0.233. The SMILES string of the molecule is COc1cc(N2C(=S)N[C@H](c3ccccn3)[C@@H]2c2ccc(-c3ccc([N+](=O)[O-])cc3)o2)ccc1NC(=O)C(C)(C)C. The molecule has 10 nitrogen and oxygen atoms in total. The van der Waals surface area contributed by atoms with Gasteiger partial charge >= 0.3 is 0 Å². The number of nitrogens with one attached hydrogen (secondary N) is 2. The lowest BCUT2D eigenvalue weighted by Crippen LogP contribution is -2.30. The molecule has 1 aliphatic heterocycles. The van der Waals surface area contributed by atoms with Crippen molar-refractivity contribution in [1.29, 1.82) is 0 Å². The number of carbonyl (C=O) groups excluding carboxylic acids is 1. The van der Waals surface area contributed by atoms with Crippen LogP contribution in [0.2, 0.25) is 0 Å². The Bertz CT molecular complexity index is 1600. The minimum absolute atomic E-state index is 0.00310. The van der Waals surface area contributed by atoms with Crippen molar-refractivity contribution in [2.75, 3.05) is 17.3 Å². The van der Waals surface area contributed by atoms with Crippen molar-refractivity contribution >= 4 is 40.3 Å². The van der Waals surface area contributed by atoms with E-state index < -0.39 is 16.4 Å². The molecule has 4 aromatic rings. The lowest BCUT2D eigenvalue weighted by molar-refractivity contribution is -0.384. The highest BCUT2D eigenvalue weighted by Crippen LogP contribution is 2.44. The number of nitrogens with zero attached hydrogens (tertiary/aromatic N) is 3. The Morgan fingerprint density at radius 2 is 1.88 bits per heavy atom. The first-order chi connectivity index (χ1) is 19.6. The van der Waals surface area contributed by atoms with Gasteiger partial charge < -0.3 is 24.7 Å². The first kappa shape index (κ1) is 27.8. The predicted molar refractivity (Wildman–Crippen MR) is 160 cm³/mol. The zero-order valence-electron chi connectivity index (χ0n) is 23.0. The summed E-state index contributed by atoms with van der Waals surface area (Å²) < 4.78 is 12.0. The highest BCUT2D eigenvalue weighted by molar-refractivity contribution is 7.80. The van der Waals surface area contributed by atoms with E-state index in [4.69, 9.17) is 21.4 Å². The number of thiocarbonyl (C=S) groups is 1. The molecule has 1 fully saturated rings. The van der Waals surface area contributed by atoms with Crippen LogP contribution in [0.3, 0.4) is 0 Å². The molecule has 0 bridgehead atoms. The van der Waals surface area contributed by atoms with Crippen LogP contribution in [-0.2, 0) is 4.79 Å². The number of non-ortho nitro benzene ring substituents is 1. The molecule has 2 aromatic heterocycles. The Labute approximate surface area is 242 Å². The molecule has 2 N–H and O–H groups in total. The molecule has 0 aliphatic carbocycles. The average molecular weight is 572 g/mol. The first-order valence-electron chi connectivity index (χ1n) is 12.9. The number of nitro groups is 1. The molecule has 5 rings (SSSR count). The topological polar surface area (TPSA) is 123 Å². The molecule has 0 unspecified atom stereocenters. The number of hydrogen-bond acceptors (Lipinski definition) is 7. The Balaban J connectivity index is 1.54. The number of nitro benzene ring substituents is 1. The highest BCUT2D eigenvalue weighted by atomic mass is 32.1. The van der Waals surface area contributed by atoms with Crippen LogP contribution in [0.15, 0.2) is 83.4 Å². The van der Waals surface area contributed by atoms with Crippen molar-refractivity contribution in [3.63, 3.8) is 0 Å². The molecule has 2 aromatic carbocycles. The van der Waals surface area contributed by atoms with Crippen LogP contribution in [0.4, 0.5) is 17.1 Å². The second kappa shape index (κ2) is 11.0. The van der Waals surface area contributed by atoms with Crippen molar-refractivity contribution in [2.24, 2.45) is 5.41 Å². The minimum atomic E-state index is -0.578. The van der Waals surface area contributed by atoms with E-state index in [0.717, 1.165) is 11.4 Å². The summed E-state index contributed by atoms with van der Waals surface area (Å²) >= 11 is 5.82. The van der Waals surface area contributed by atoms with E-state index >= 15 is 0 Å². The van der Waals surface area contributed by atoms with E-state index in [1.165, 1.54) is 12.1 Å². The van der Waals surface area contributed by atoms with Gasteiger partial charge in [-0.2, -0.15) is 0 Å². The molecule has 210 valence electrons. The van der Waals surface area contributed by atoms with E-state index in [1.807, 2.05) is 68.1 Å². The number of amides is 1. The van der Waals surface area contributed by atoms with Crippen LogP contribution in [0.1, 0.15) is 44.3 Å². The number of carbonyl (C=O) groups is 1. The quantitative estimate of drug-likeness (QED) is 0.147. The summed E-state index contributed by atoms with van der Waals surface area (Å²) in [5.74, 6) is 1.52. The number of hydrogen-bond donors (Lipinski definition) is 2. The van der Waals surface area contributed by atoms with Crippen molar-refractivity contribution < 1.29 is 18.9 Å². The average Bonchev–Trinajstić information content (AvgIpc) is 3.58. The van der Waals surface area contributed by atoms with Crippen LogP contribution in [0.5, 0.6) is 5.75 Å². The van der Waals surface area contributed by atoms with Crippen molar-refractivity contribution in [3.8, 4) is 17.1 Å². The predicted octanol–water partition coefficient (Wildman–Crippen LogP) is 6.42. The van der Waals surface area contributed by atoms with E-state index in [2.05, 4.69) is 15.6 Å². The van der Waals surface area contributed by atoms with Crippen LogP contribution in [0.25, 0.3) is 11.3 Å². The molecule has 41 heavy (non-hydrogen) atoms. The number of anilines is 2. The first-order valence-corrected chi connectivity index (χ1v) is 13.3. The molecule has 1 aliphatic rings. The Hall–Kier alpha value is -4.77. The lowest BCUT2D eigenvalue weighted by Gasteiger charge is -2.27. The molecular formula is C30H29N5O5S. The van der Waals surface area contributed by atoms with Gasteiger partial charge in [-0.1, -0.05) is 26.8 Å². The van der Waals surface area contributed by atoms with Gasteiger partial charge in [0, 0.05) is 41.1 Å². The second-order valence-corrected chi connectivity index (χ2v) is 11.0. The third-order valence-corrected chi connectivity index (χ3v) is 7.09. The molecular weight excluding hydrogens is 542 g/mol. The van der Waals surface area contributed by atoms with Crippen LogP contribution in [-0.4, -0.2) is 28.0 Å². The standard InChI is InChI=1S/C30H29N5O5S/c1-30(2,3)28(36)32-21-13-12-20(17-25(21)39-4)34-27(26(33-29(34)41)22-7-5-6-16-31-22)24-15-14-23(40-24)18-8-10-19(11-9-18)35(37)38/h5-17,26-27H,1-4H3,(H,32,36)(H,33,41)/t26-,27+/m1/s1. The van der Waals surface area contributed by atoms with Gasteiger partial charge in [0.2, 0.25) is 5.91 Å². The maximum absolute atomic E-state index is 12.6. The number of methoxy groups -OCH3 is 1. The summed E-state index contributed by atoms with van der Waals surface area (Å²) in [7, 11) is 1.55. The van der Waals surface area contributed by atoms with Crippen LogP contribution in [0, 0.1) is 15.5 Å². The van der Waals surface area contributed by atoms with Gasteiger partial charge in [0.25, 0.3) is 5.69 Å². The summed E-state index contributed by atoms with van der Waals surface area (Å²) in [6.07, 6.45) is 1.72. The minimum Gasteiger partial charge on any atom is -0.494 e. The monoisotopic (exact) mass is 571 g/mol. The van der Waals surface area contributed by atoms with Crippen LogP contribution >= 0.6 is 12.2 Å². The molecule has 0 radical (unpaired) electrons. The molecule has 3 heterocycles. The van der Waals surface area contributed by atoms with E-state index in [0.29, 0.717) is 33.6 Å². The van der Waals surface area contributed by atoms with Gasteiger partial charge in [-0.25, -0.2) is 0 Å². The third kappa shape index (κ3) is 5.62. The normalized spacial score (nSPS) is 16.8. The highest BCUT2D eigenvalue weighted by Gasteiger charge is 2.43. The number of ether oxygens (including phenoxy) is 1. The summed E-state index contributed by atoms with van der Waals surface area (Å²) in [6, 6.07) is 20.3. The summed E-state index contributed by atoms with van der Waals surface area (Å²) in [4.78, 5) is 29.8. The second-order valence-electron chi connectivity index (χ2n) is 10.6. The number of furan rings is 1. The van der Waals surface area contributed by atoms with Crippen molar-refractivity contribution in [1.82, 2.24) is 10.3 Å². The van der Waals surface area contributed by atoms with Gasteiger partial charge in [0.15, 0.2) is 5.11 Å². The van der Waals surface area contributed by atoms with Gasteiger partial charge in [-0.15, -0.1) is 0 Å². The molecule has 1 amide bonds. The maximum atomic E-state index is 12.6. The summed E-state index contributed by atoms with van der Waals surface area (Å²) in [6.45, 7) is 5.52. The fourth-order valence-corrected chi connectivity index (χ4v) is 4.93. The molecule has 11 heteroatoms. The Morgan fingerprint density at radius 3 is 2.51 bits per heavy atom. The van der Waals surface area contributed by atoms with Gasteiger partial charge in [0.1, 0.15) is 23.3 Å². The maximum Gasteiger partial charge on any atom is 0.269 e. The Morgan fingerprint density at radius 1 is 1.12 bits per heavy atom. The van der Waals surface area contributed by atoms with Crippen molar-refractivity contribution in [2.45, 2.75) is 32.9 Å². The summed E-state index contributed by atoms with van der Waals surface area (Å²) in [5, 5.41) is 17.9. The van der Waals surface area contributed by atoms with Gasteiger partial charge in [-0.3, -0.25) is 19.9 Å². The summed E-state index contributed by atoms with van der Waals surface area (Å²) in [5.41, 5.74) is 2.18. The zero-order chi connectivity index (χ0) is 29.3. The van der Waals surface area contributed by atoms with Crippen LogP contribution < -0.4 is 20.3 Å². The largest absolute Gasteiger partial charge is 0.494 e. The zero-order valence-corrected chi connectivity index (χ0v) is 23.8. The molecule has 0 spiro atoms. The number of benzene rings is 2. The Kier molecular flexibility index (Phi) is 7.46. The smallest absolute Gasteiger partial charge is 0.269 e. The molecule has 1 saturated heterocycles. The van der Waals surface area contributed by atoms with E-state index in [9.17, 15) is 14.9 Å². The van der Waals surface area contributed by atoms with E-state index in [1.54, 1.807) is 31.5 Å². The molecule has 0 saturated carbocycles. The molecule has 2 atom stereocenters. The number of pyridine rings is 1. The number of aromatic nitrogens is 1. The third-order valence-electron chi connectivity index (χ3n) is 6.77. The fourth-order valence-electron chi connectivity index (χ4n) is 4.58. The van der Waals surface area contributed by atoms with Gasteiger partial charge in [-0.05, 0) is 60.7 Å². The van der Waals surface area contributed by atoms with E-state index in [-0.39, 0.29) is 17.6 Å².